The molecule has 2 atom stereocenters. The van der Waals surface area contributed by atoms with Gasteiger partial charge in [0.25, 0.3) is 5.91 Å². The van der Waals surface area contributed by atoms with Crippen LogP contribution in [0.1, 0.15) is 40.0 Å². The molecule has 0 aromatic heterocycles. The first kappa shape index (κ1) is 13.4. The maximum atomic E-state index is 12.8. The number of hydrogen-bond donors (Lipinski definition) is 0. The molecule has 2 aromatic rings. The van der Waals surface area contributed by atoms with Gasteiger partial charge in [-0.05, 0) is 29.7 Å². The second-order valence-electron chi connectivity index (χ2n) is 6.49. The van der Waals surface area contributed by atoms with Crippen molar-refractivity contribution in [2.24, 2.45) is 0 Å². The van der Waals surface area contributed by atoms with E-state index >= 15 is 0 Å². The standard InChI is InChI=1S/C19H19NO2/c1-19-11-12-7-6-10-15(22-3)16(12)17(19)20(2)18(21)13-8-4-5-9-14(13)19/h4-10,17H,11H2,1-3H3/t17-,19-/m1/s1. The van der Waals surface area contributed by atoms with Crippen molar-refractivity contribution in [2.75, 3.05) is 14.2 Å². The summed E-state index contributed by atoms with van der Waals surface area (Å²) in [6.07, 6.45) is 0.929. The summed E-state index contributed by atoms with van der Waals surface area (Å²) in [7, 11) is 3.60. The number of carbonyl (C=O) groups excluding carboxylic acids is 1. The highest BCUT2D eigenvalue weighted by Gasteiger charge is 2.52. The van der Waals surface area contributed by atoms with Gasteiger partial charge in [-0.15, -0.1) is 0 Å². The molecule has 0 spiro atoms. The Hall–Kier alpha value is -2.29. The van der Waals surface area contributed by atoms with Crippen molar-refractivity contribution < 1.29 is 9.53 Å². The highest BCUT2D eigenvalue weighted by atomic mass is 16.5. The highest BCUT2D eigenvalue weighted by Crippen LogP contribution is 2.56. The maximum Gasteiger partial charge on any atom is 0.254 e. The molecule has 4 rings (SSSR count). The molecule has 0 radical (unpaired) electrons. The average Bonchev–Trinajstić information content (AvgIpc) is 2.86. The second-order valence-corrected chi connectivity index (χ2v) is 6.49. The molecule has 0 N–H and O–H groups in total. The van der Waals surface area contributed by atoms with Crippen molar-refractivity contribution in [2.45, 2.75) is 24.8 Å². The van der Waals surface area contributed by atoms with Gasteiger partial charge in [-0.3, -0.25) is 4.79 Å². The van der Waals surface area contributed by atoms with Gasteiger partial charge in [0.2, 0.25) is 0 Å². The quantitative estimate of drug-likeness (QED) is 0.807. The van der Waals surface area contributed by atoms with Crippen LogP contribution in [0.15, 0.2) is 42.5 Å². The normalized spacial score (nSPS) is 25.5. The lowest BCUT2D eigenvalue weighted by atomic mass is 9.71. The molecule has 2 aliphatic rings. The maximum absolute atomic E-state index is 12.8. The number of fused-ring (bicyclic) bond motifs is 5. The minimum absolute atomic E-state index is 0.0287. The summed E-state index contributed by atoms with van der Waals surface area (Å²) >= 11 is 0. The number of hydrogen-bond acceptors (Lipinski definition) is 2. The third kappa shape index (κ3) is 1.48. The number of ether oxygens (including phenoxy) is 1. The summed E-state index contributed by atoms with van der Waals surface area (Å²) in [5, 5.41) is 0. The predicted octanol–water partition coefficient (Wildman–Crippen LogP) is 3.34. The molecule has 22 heavy (non-hydrogen) atoms. The average molecular weight is 293 g/mol. The van der Waals surface area contributed by atoms with Crippen molar-refractivity contribution in [1.29, 1.82) is 0 Å². The fourth-order valence-corrected chi connectivity index (χ4v) is 4.38. The molecule has 0 fully saturated rings. The van der Waals surface area contributed by atoms with Crippen LogP contribution < -0.4 is 4.74 Å². The lowest BCUT2D eigenvalue weighted by Crippen LogP contribution is -2.47. The number of carbonyl (C=O) groups is 1. The monoisotopic (exact) mass is 293 g/mol. The Balaban J connectivity index is 2.01. The molecule has 1 amide bonds. The van der Waals surface area contributed by atoms with Gasteiger partial charge in [0.15, 0.2) is 0 Å². The molecule has 1 aliphatic carbocycles. The first-order valence-electron chi connectivity index (χ1n) is 7.60. The number of nitrogens with zero attached hydrogens (tertiary/aromatic N) is 1. The van der Waals surface area contributed by atoms with Gasteiger partial charge in [0.05, 0.1) is 13.2 Å². The van der Waals surface area contributed by atoms with Crippen LogP contribution in [0.4, 0.5) is 0 Å². The Morgan fingerprint density at radius 2 is 1.95 bits per heavy atom. The lowest BCUT2D eigenvalue weighted by Gasteiger charge is -2.44. The van der Waals surface area contributed by atoms with Gasteiger partial charge in [-0.2, -0.15) is 0 Å². The summed E-state index contributed by atoms with van der Waals surface area (Å²) in [5.41, 5.74) is 4.33. The fourth-order valence-electron chi connectivity index (χ4n) is 4.38. The van der Waals surface area contributed by atoms with Crippen LogP contribution in [0.3, 0.4) is 0 Å². The predicted molar refractivity (Wildman–Crippen MR) is 85.3 cm³/mol. The van der Waals surface area contributed by atoms with Crippen molar-refractivity contribution in [3.8, 4) is 5.75 Å². The summed E-state index contributed by atoms with van der Waals surface area (Å²) in [6.45, 7) is 2.26. The van der Waals surface area contributed by atoms with Gasteiger partial charge in [0, 0.05) is 23.6 Å². The van der Waals surface area contributed by atoms with Crippen molar-refractivity contribution in [1.82, 2.24) is 4.90 Å². The van der Waals surface area contributed by atoms with Crippen LogP contribution in [0.25, 0.3) is 0 Å². The van der Waals surface area contributed by atoms with Crippen molar-refractivity contribution in [3.63, 3.8) is 0 Å². The van der Waals surface area contributed by atoms with E-state index in [1.807, 2.05) is 42.3 Å². The first-order chi connectivity index (χ1) is 10.6. The van der Waals surface area contributed by atoms with E-state index in [1.54, 1.807) is 7.11 Å². The van der Waals surface area contributed by atoms with Crippen LogP contribution >= 0.6 is 0 Å². The molecule has 3 nitrogen and oxygen atoms in total. The Kier molecular flexibility index (Phi) is 2.65. The van der Waals surface area contributed by atoms with E-state index in [2.05, 4.69) is 19.1 Å². The third-order valence-electron chi connectivity index (χ3n) is 5.29. The largest absolute Gasteiger partial charge is 0.496 e. The molecule has 112 valence electrons. The van der Waals surface area contributed by atoms with Crippen LogP contribution in [0.2, 0.25) is 0 Å². The number of likely N-dealkylation sites (N-methyl/N-ethyl adjacent to an activating group) is 1. The van der Waals surface area contributed by atoms with Gasteiger partial charge in [-0.1, -0.05) is 37.3 Å². The smallest absolute Gasteiger partial charge is 0.254 e. The van der Waals surface area contributed by atoms with Gasteiger partial charge < -0.3 is 9.64 Å². The summed E-state index contributed by atoms with van der Waals surface area (Å²) in [4.78, 5) is 14.7. The van der Waals surface area contributed by atoms with E-state index in [4.69, 9.17) is 4.74 Å². The number of benzene rings is 2. The molecule has 0 saturated heterocycles. The highest BCUT2D eigenvalue weighted by molar-refractivity contribution is 5.98. The molecular formula is C19H19NO2. The fraction of sp³-hybridized carbons (Fsp3) is 0.316. The molecule has 1 heterocycles. The van der Waals surface area contributed by atoms with Crippen molar-refractivity contribution >= 4 is 5.91 Å². The number of rotatable bonds is 1. The van der Waals surface area contributed by atoms with E-state index in [0.29, 0.717) is 0 Å². The molecule has 0 unspecified atom stereocenters. The summed E-state index contributed by atoms with van der Waals surface area (Å²) < 4.78 is 5.58. The van der Waals surface area contributed by atoms with E-state index in [1.165, 1.54) is 5.56 Å². The SMILES string of the molecule is COc1cccc2c1[C@H]1N(C)C(=O)c3ccccc3[C@@]1(C)C2. The Bertz CT molecular complexity index is 783. The van der Waals surface area contributed by atoms with Crippen LogP contribution in [0, 0.1) is 0 Å². The third-order valence-corrected chi connectivity index (χ3v) is 5.29. The van der Waals surface area contributed by atoms with Crippen molar-refractivity contribution in [3.05, 3.63) is 64.7 Å². The van der Waals surface area contributed by atoms with Gasteiger partial charge in [-0.25, -0.2) is 0 Å². The molecular weight excluding hydrogens is 274 g/mol. The Morgan fingerprint density at radius 1 is 1.18 bits per heavy atom. The van der Waals surface area contributed by atoms with Gasteiger partial charge >= 0.3 is 0 Å². The van der Waals surface area contributed by atoms with Crippen LogP contribution in [-0.4, -0.2) is 25.0 Å². The number of amides is 1. The molecule has 1 aliphatic heterocycles. The zero-order valence-corrected chi connectivity index (χ0v) is 13.1. The zero-order valence-electron chi connectivity index (χ0n) is 13.1. The van der Waals surface area contributed by atoms with E-state index in [9.17, 15) is 4.79 Å². The van der Waals surface area contributed by atoms with Crippen LogP contribution in [0.5, 0.6) is 5.75 Å². The van der Waals surface area contributed by atoms with E-state index in [0.717, 1.165) is 28.9 Å². The summed E-state index contributed by atoms with van der Waals surface area (Å²) in [5.74, 6) is 0.974. The Labute approximate surface area is 130 Å². The Morgan fingerprint density at radius 3 is 2.73 bits per heavy atom. The van der Waals surface area contributed by atoms with E-state index < -0.39 is 0 Å². The molecule has 3 heteroatoms. The number of methoxy groups -OCH3 is 1. The summed E-state index contributed by atoms with van der Waals surface area (Å²) in [6, 6.07) is 14.2. The van der Waals surface area contributed by atoms with Crippen LogP contribution in [-0.2, 0) is 11.8 Å². The second kappa shape index (κ2) is 4.35. The molecule has 0 saturated carbocycles. The topological polar surface area (TPSA) is 29.5 Å². The minimum Gasteiger partial charge on any atom is -0.496 e. The molecule has 2 aromatic carbocycles. The van der Waals surface area contributed by atoms with Gasteiger partial charge in [0.1, 0.15) is 5.75 Å². The lowest BCUT2D eigenvalue weighted by molar-refractivity contribution is 0.0612. The van der Waals surface area contributed by atoms with E-state index in [-0.39, 0.29) is 17.4 Å². The minimum atomic E-state index is -0.101. The zero-order chi connectivity index (χ0) is 15.5. The first-order valence-corrected chi connectivity index (χ1v) is 7.60. The molecule has 0 bridgehead atoms.